The second kappa shape index (κ2) is 7.00. The maximum Gasteiger partial charge on any atom is 0.270 e. The van der Waals surface area contributed by atoms with E-state index in [2.05, 4.69) is 16.4 Å². The Morgan fingerprint density at radius 2 is 1.93 bits per heavy atom. The maximum absolute atomic E-state index is 12.3. The maximum atomic E-state index is 12.3. The number of non-ortho nitro benzene ring substituents is 1. The van der Waals surface area contributed by atoms with Crippen LogP contribution in [0.3, 0.4) is 0 Å². The molecule has 2 aliphatic rings. The van der Waals surface area contributed by atoms with Crippen molar-refractivity contribution in [3.8, 4) is 6.07 Å². The third-order valence-electron chi connectivity index (χ3n) is 5.23. The van der Waals surface area contributed by atoms with Gasteiger partial charge in [-0.05, 0) is 37.8 Å². The predicted octanol–water partition coefficient (Wildman–Crippen LogP) is 2.38. The van der Waals surface area contributed by atoms with E-state index in [1.165, 1.54) is 18.2 Å². The molecule has 0 amide bonds. The minimum atomic E-state index is -3.14. The Hall–Kier alpha value is -2.77. The molecule has 1 aromatic carbocycles. The summed E-state index contributed by atoms with van der Waals surface area (Å²) in [6.45, 7) is 0.947. The summed E-state index contributed by atoms with van der Waals surface area (Å²) in [7, 11) is -3.14. The SMILES string of the molecule is N#Cc1cc(NC2CCN(S(=O)(=O)C3CC3)CC2)nc2ccc([N+](=O)[O-])cc12. The molecule has 1 N–H and O–H groups in total. The molecule has 1 saturated heterocycles. The van der Waals surface area contributed by atoms with Crippen LogP contribution in [0, 0.1) is 21.4 Å². The number of rotatable bonds is 5. The Kier molecular flexibility index (Phi) is 4.64. The van der Waals surface area contributed by atoms with Gasteiger partial charge in [0.1, 0.15) is 5.82 Å². The summed E-state index contributed by atoms with van der Waals surface area (Å²) in [6.07, 6.45) is 2.84. The number of nitrogens with one attached hydrogen (secondary N) is 1. The summed E-state index contributed by atoms with van der Waals surface area (Å²) in [5.74, 6) is 0.515. The van der Waals surface area contributed by atoms with Crippen molar-refractivity contribution >= 4 is 32.4 Å². The van der Waals surface area contributed by atoms with Gasteiger partial charge in [-0.25, -0.2) is 17.7 Å². The van der Waals surface area contributed by atoms with Crippen molar-refractivity contribution in [2.24, 2.45) is 0 Å². The van der Waals surface area contributed by atoms with Crippen LogP contribution in [0.5, 0.6) is 0 Å². The van der Waals surface area contributed by atoms with Crippen LogP contribution in [-0.2, 0) is 10.0 Å². The van der Waals surface area contributed by atoms with Crippen molar-refractivity contribution in [1.82, 2.24) is 9.29 Å². The molecule has 2 heterocycles. The zero-order valence-electron chi connectivity index (χ0n) is 15.0. The minimum Gasteiger partial charge on any atom is -0.367 e. The number of benzene rings is 1. The van der Waals surface area contributed by atoms with Crippen molar-refractivity contribution < 1.29 is 13.3 Å². The van der Waals surface area contributed by atoms with Crippen LogP contribution in [0.25, 0.3) is 10.9 Å². The van der Waals surface area contributed by atoms with Gasteiger partial charge in [-0.1, -0.05) is 0 Å². The minimum absolute atomic E-state index is 0.0557. The molecule has 0 bridgehead atoms. The molecule has 4 rings (SSSR count). The molecule has 2 aromatic rings. The first-order valence-corrected chi connectivity index (χ1v) is 10.6. The summed E-state index contributed by atoms with van der Waals surface area (Å²) in [5, 5.41) is 23.9. The quantitative estimate of drug-likeness (QED) is 0.601. The van der Waals surface area contributed by atoms with Gasteiger partial charge in [0.25, 0.3) is 5.69 Å². The largest absolute Gasteiger partial charge is 0.367 e. The van der Waals surface area contributed by atoms with E-state index in [0.29, 0.717) is 48.2 Å². The highest BCUT2D eigenvalue weighted by Gasteiger charge is 2.41. The number of nitrogens with zero attached hydrogens (tertiary/aromatic N) is 4. The number of anilines is 1. The first kappa shape index (κ1) is 18.6. The number of nitro benzene ring substituents is 1. The molecule has 146 valence electrons. The summed E-state index contributed by atoms with van der Waals surface area (Å²) in [4.78, 5) is 14.9. The Morgan fingerprint density at radius 1 is 1.21 bits per heavy atom. The van der Waals surface area contributed by atoms with Gasteiger partial charge in [-0.3, -0.25) is 10.1 Å². The first-order valence-electron chi connectivity index (χ1n) is 9.13. The van der Waals surface area contributed by atoms with Crippen molar-refractivity contribution in [3.05, 3.63) is 39.9 Å². The number of sulfonamides is 1. The number of fused-ring (bicyclic) bond motifs is 1. The number of pyridine rings is 1. The molecule has 10 heteroatoms. The topological polar surface area (TPSA) is 129 Å². The first-order chi connectivity index (χ1) is 13.4. The number of hydrogen-bond acceptors (Lipinski definition) is 7. The van der Waals surface area contributed by atoms with Crippen molar-refractivity contribution in [2.45, 2.75) is 37.0 Å². The predicted molar refractivity (Wildman–Crippen MR) is 103 cm³/mol. The van der Waals surface area contributed by atoms with E-state index in [4.69, 9.17) is 0 Å². The van der Waals surface area contributed by atoms with Crippen LogP contribution in [-0.4, -0.2) is 47.0 Å². The van der Waals surface area contributed by atoms with E-state index in [9.17, 15) is 23.8 Å². The lowest BCUT2D eigenvalue weighted by molar-refractivity contribution is -0.384. The number of hydrogen-bond donors (Lipinski definition) is 1. The highest BCUT2D eigenvalue weighted by molar-refractivity contribution is 7.90. The lowest BCUT2D eigenvalue weighted by atomic mass is 10.1. The van der Waals surface area contributed by atoms with Crippen LogP contribution >= 0.6 is 0 Å². The van der Waals surface area contributed by atoms with E-state index in [1.54, 1.807) is 10.4 Å². The van der Waals surface area contributed by atoms with Gasteiger partial charge in [-0.2, -0.15) is 5.26 Å². The van der Waals surface area contributed by atoms with Crippen LogP contribution in [0.1, 0.15) is 31.2 Å². The molecule has 1 aliphatic carbocycles. The van der Waals surface area contributed by atoms with Gasteiger partial charge in [0.2, 0.25) is 10.0 Å². The number of piperidine rings is 1. The van der Waals surface area contributed by atoms with Crippen LogP contribution < -0.4 is 5.32 Å². The van der Waals surface area contributed by atoms with E-state index >= 15 is 0 Å². The molecular formula is C18H19N5O4S. The number of aromatic nitrogens is 1. The molecule has 28 heavy (non-hydrogen) atoms. The van der Waals surface area contributed by atoms with Crippen LogP contribution in [0.2, 0.25) is 0 Å². The smallest absolute Gasteiger partial charge is 0.270 e. The van der Waals surface area contributed by atoms with E-state index in [-0.39, 0.29) is 17.0 Å². The Morgan fingerprint density at radius 3 is 2.54 bits per heavy atom. The van der Waals surface area contributed by atoms with E-state index < -0.39 is 14.9 Å². The summed E-state index contributed by atoms with van der Waals surface area (Å²) in [6, 6.07) is 7.96. The second-order valence-corrected chi connectivity index (χ2v) is 9.40. The summed E-state index contributed by atoms with van der Waals surface area (Å²) in [5.41, 5.74) is 0.724. The standard InChI is InChI=1S/C18H19N5O4S/c19-11-12-9-18(21-17-4-1-14(23(24)25)10-16(12)17)20-13-5-7-22(8-6-13)28(26,27)15-2-3-15/h1,4,9-10,13,15H,2-3,5-8H2,(H,20,21). The fraction of sp³-hybridized carbons (Fsp3) is 0.444. The average molecular weight is 401 g/mol. The van der Waals surface area contributed by atoms with Gasteiger partial charge in [0.15, 0.2) is 0 Å². The van der Waals surface area contributed by atoms with Gasteiger partial charge >= 0.3 is 0 Å². The molecule has 1 aliphatic heterocycles. The Balaban J connectivity index is 1.50. The number of nitriles is 1. The average Bonchev–Trinajstić information content (AvgIpc) is 3.53. The van der Waals surface area contributed by atoms with Crippen LogP contribution in [0.15, 0.2) is 24.3 Å². The van der Waals surface area contributed by atoms with E-state index in [1.807, 2.05) is 0 Å². The van der Waals surface area contributed by atoms with Crippen molar-refractivity contribution in [3.63, 3.8) is 0 Å². The molecule has 2 fully saturated rings. The van der Waals surface area contributed by atoms with Gasteiger partial charge in [-0.15, -0.1) is 0 Å². The molecule has 0 spiro atoms. The van der Waals surface area contributed by atoms with Gasteiger partial charge in [0.05, 0.1) is 27.3 Å². The highest BCUT2D eigenvalue weighted by Crippen LogP contribution is 2.33. The molecule has 9 nitrogen and oxygen atoms in total. The van der Waals surface area contributed by atoms with Crippen molar-refractivity contribution in [1.29, 1.82) is 5.26 Å². The summed E-state index contributed by atoms with van der Waals surface area (Å²) < 4.78 is 26.2. The lowest BCUT2D eigenvalue weighted by Crippen LogP contribution is -2.43. The second-order valence-electron chi connectivity index (χ2n) is 7.19. The normalized spacial score (nSPS) is 18.7. The monoisotopic (exact) mass is 401 g/mol. The third kappa shape index (κ3) is 3.50. The molecule has 1 saturated carbocycles. The Bertz CT molecular complexity index is 1080. The zero-order chi connectivity index (χ0) is 19.9. The third-order valence-corrected chi connectivity index (χ3v) is 7.63. The van der Waals surface area contributed by atoms with Crippen LogP contribution in [0.4, 0.5) is 11.5 Å². The van der Waals surface area contributed by atoms with E-state index in [0.717, 1.165) is 12.8 Å². The fourth-order valence-electron chi connectivity index (χ4n) is 3.53. The lowest BCUT2D eigenvalue weighted by Gasteiger charge is -2.32. The molecule has 1 aromatic heterocycles. The molecule has 0 atom stereocenters. The zero-order valence-corrected chi connectivity index (χ0v) is 15.9. The molecular weight excluding hydrogens is 382 g/mol. The molecule has 0 radical (unpaired) electrons. The fourth-order valence-corrected chi connectivity index (χ4v) is 5.41. The summed E-state index contributed by atoms with van der Waals surface area (Å²) >= 11 is 0. The van der Waals surface area contributed by atoms with Gasteiger partial charge < -0.3 is 5.32 Å². The number of nitro groups is 1. The molecule has 0 unspecified atom stereocenters. The Labute approximate surface area is 162 Å². The van der Waals surface area contributed by atoms with Crippen molar-refractivity contribution in [2.75, 3.05) is 18.4 Å². The highest BCUT2D eigenvalue weighted by atomic mass is 32.2. The van der Waals surface area contributed by atoms with Gasteiger partial charge in [0, 0.05) is 36.7 Å².